The number of benzene rings is 2. The maximum atomic E-state index is 11.2. The van der Waals surface area contributed by atoms with Gasteiger partial charge in [0.25, 0.3) is 25.9 Å². The Kier molecular flexibility index (Phi) is 26.5. The lowest BCUT2D eigenvalue weighted by Gasteiger charge is -2.34. The Morgan fingerprint density at radius 1 is 0.562 bits per heavy atom. The molecule has 2 aromatic carbocycles. The molecule has 4 unspecified atom stereocenters. The molecule has 6 heterocycles. The largest absolute Gasteiger partial charge is 0.497 e. The Morgan fingerprint density at radius 3 is 1.47 bits per heavy atom. The summed E-state index contributed by atoms with van der Waals surface area (Å²) in [5, 5.41) is 10.6. The molecule has 0 bridgehead atoms. The second-order valence-electron chi connectivity index (χ2n) is 16.5. The molecule has 404 valence electrons. The number of methoxy groups -OCH3 is 2. The molecule has 0 aliphatic carbocycles. The van der Waals surface area contributed by atoms with Crippen LogP contribution < -0.4 is 28.4 Å². The molecule has 0 saturated carbocycles. The van der Waals surface area contributed by atoms with E-state index in [0.717, 1.165) is 94.5 Å². The normalized spacial score (nSPS) is 19.5. The van der Waals surface area contributed by atoms with Gasteiger partial charge in [0.15, 0.2) is 35.5 Å². The Bertz CT molecular complexity index is 2130. The first-order valence-corrected chi connectivity index (χ1v) is 23.6. The fourth-order valence-corrected chi connectivity index (χ4v) is 8.30. The summed E-state index contributed by atoms with van der Waals surface area (Å²) in [6.07, 6.45) is 8.86. The van der Waals surface area contributed by atoms with Gasteiger partial charge in [0.05, 0.1) is 37.3 Å². The number of nitro benzene ring substituents is 1. The minimum absolute atomic E-state index is 0.0263. The number of hydrogen-bond donors (Lipinski definition) is 0. The molecule has 0 spiro atoms. The van der Waals surface area contributed by atoms with Crippen LogP contribution >= 0.6 is 0 Å². The number of hydrogen-bond acceptors (Lipinski definition) is 20. The molecule has 25 heteroatoms. The van der Waals surface area contributed by atoms with Crippen LogP contribution in [0.5, 0.6) is 34.5 Å². The van der Waals surface area contributed by atoms with E-state index in [0.29, 0.717) is 70.5 Å². The van der Waals surface area contributed by atoms with Gasteiger partial charge in [-0.3, -0.25) is 48.5 Å². The second-order valence-corrected chi connectivity index (χ2v) is 16.5. The highest BCUT2D eigenvalue weighted by Crippen LogP contribution is 2.41. The molecule has 4 fully saturated rings. The van der Waals surface area contributed by atoms with Crippen LogP contribution in [0, 0.1) is 10.1 Å². The van der Waals surface area contributed by atoms with E-state index in [1.807, 2.05) is 18.2 Å². The number of ether oxygens (including phenoxy) is 10. The van der Waals surface area contributed by atoms with Gasteiger partial charge in [-0.05, 0) is 63.5 Å². The monoisotopic (exact) mass is 1030 g/mol. The number of piperidine rings is 2. The van der Waals surface area contributed by atoms with Crippen LogP contribution in [0.15, 0.2) is 30.3 Å². The standard InChI is InChI=1S/C9H15NO3.C8H7NO5.2C8H13NO3.C8H8O3.C7H11NO3/c1-8(12)10-5-3-2-4-9(10)6-13-7-11;1-12-6-3-8-7(13-4-14-8)2-5(6)9(10)11;1-7(11)9-4-2-3-8(9)5-12-6-10;1-7(11)9-5-3-2-4-8(9)12-6-10;1-9-6-2-3-7-8(4-6)11-5-10-7;1-6(10)8-4-2-3-7(8)11-5-9/h7,9H,2-6H2,1H3;2-3H,4H2,1H3;2*6,8H,2-5H2,1H3;2-4H,5H2,1H3;5,7H,2-4H2,1H3. The summed E-state index contributed by atoms with van der Waals surface area (Å²) in [4.78, 5) is 101. The van der Waals surface area contributed by atoms with Crippen molar-refractivity contribution >= 4 is 55.2 Å². The third kappa shape index (κ3) is 19.5. The number of carbonyl (C=O) groups is 8. The van der Waals surface area contributed by atoms with Crippen molar-refractivity contribution in [3.63, 3.8) is 0 Å². The summed E-state index contributed by atoms with van der Waals surface area (Å²) < 4.78 is 49.0. The average molecular weight is 1030 g/mol. The van der Waals surface area contributed by atoms with Crippen LogP contribution in [-0.2, 0) is 57.3 Å². The predicted molar refractivity (Wildman–Crippen MR) is 254 cm³/mol. The summed E-state index contributed by atoms with van der Waals surface area (Å²) >= 11 is 0. The minimum Gasteiger partial charge on any atom is -0.497 e. The molecule has 4 amide bonds. The van der Waals surface area contributed by atoms with Gasteiger partial charge in [0.2, 0.25) is 43.0 Å². The molecule has 0 radical (unpaired) electrons. The molecule has 2 aromatic rings. The van der Waals surface area contributed by atoms with E-state index in [1.165, 1.54) is 33.1 Å². The summed E-state index contributed by atoms with van der Waals surface area (Å²) in [5.41, 5.74) is -0.128. The van der Waals surface area contributed by atoms with Gasteiger partial charge in [0.1, 0.15) is 19.0 Å². The lowest BCUT2D eigenvalue weighted by atomic mass is 10.0. The molecule has 4 atom stereocenters. The Hall–Kier alpha value is -7.60. The zero-order chi connectivity index (χ0) is 53.7. The zero-order valence-electron chi connectivity index (χ0n) is 42.1. The topological polar surface area (TPSA) is 285 Å². The summed E-state index contributed by atoms with van der Waals surface area (Å²) in [5.74, 6) is 3.40. The first kappa shape index (κ1) is 59.7. The van der Waals surface area contributed by atoms with Crippen LogP contribution in [0.3, 0.4) is 0 Å². The van der Waals surface area contributed by atoms with Crippen molar-refractivity contribution in [3.8, 4) is 34.5 Å². The molecular formula is C48H67N5O20. The van der Waals surface area contributed by atoms with Gasteiger partial charge in [-0.15, -0.1) is 0 Å². The molecular weight excluding hydrogens is 967 g/mol. The highest BCUT2D eigenvalue weighted by molar-refractivity contribution is 5.75. The van der Waals surface area contributed by atoms with Crippen molar-refractivity contribution in [2.75, 3.05) is 67.2 Å². The molecule has 25 nitrogen and oxygen atoms in total. The van der Waals surface area contributed by atoms with Gasteiger partial charge in [-0.1, -0.05) is 0 Å². The van der Waals surface area contributed by atoms with E-state index in [1.54, 1.807) is 40.6 Å². The van der Waals surface area contributed by atoms with Gasteiger partial charge in [-0.25, -0.2) is 0 Å². The summed E-state index contributed by atoms with van der Waals surface area (Å²) in [6.45, 7) is 11.8. The van der Waals surface area contributed by atoms with Crippen molar-refractivity contribution < 1.29 is 90.6 Å². The lowest BCUT2D eigenvalue weighted by molar-refractivity contribution is -0.385. The maximum Gasteiger partial charge on any atom is 0.314 e. The van der Waals surface area contributed by atoms with Gasteiger partial charge in [0, 0.05) is 78.8 Å². The fourth-order valence-electron chi connectivity index (χ4n) is 8.30. The molecule has 6 aliphatic heterocycles. The molecule has 0 N–H and O–H groups in total. The highest BCUT2D eigenvalue weighted by Gasteiger charge is 2.29. The number of nitrogens with zero attached hydrogens (tertiary/aromatic N) is 5. The number of rotatable bonds is 13. The fraction of sp³-hybridized carbons (Fsp3) is 0.583. The molecule has 6 aliphatic rings. The first-order valence-electron chi connectivity index (χ1n) is 23.6. The molecule has 8 rings (SSSR count). The Labute approximate surface area is 423 Å². The van der Waals surface area contributed by atoms with Gasteiger partial charge in [-0.2, -0.15) is 0 Å². The van der Waals surface area contributed by atoms with Crippen LogP contribution in [-0.4, -0.2) is 166 Å². The van der Waals surface area contributed by atoms with Crippen molar-refractivity contribution in [2.24, 2.45) is 0 Å². The summed E-state index contributed by atoms with van der Waals surface area (Å²) in [7, 11) is 2.99. The molecule has 73 heavy (non-hydrogen) atoms. The van der Waals surface area contributed by atoms with Crippen molar-refractivity contribution in [1.29, 1.82) is 0 Å². The number of amides is 4. The van der Waals surface area contributed by atoms with Crippen molar-refractivity contribution in [1.82, 2.24) is 19.6 Å². The van der Waals surface area contributed by atoms with E-state index in [-0.39, 0.29) is 66.4 Å². The van der Waals surface area contributed by atoms with E-state index >= 15 is 0 Å². The number of fused-ring (bicyclic) bond motifs is 2. The Balaban J connectivity index is 0.000000232. The van der Waals surface area contributed by atoms with E-state index in [4.69, 9.17) is 37.9 Å². The molecule has 0 aromatic heterocycles. The van der Waals surface area contributed by atoms with Crippen LogP contribution in [0.1, 0.15) is 91.9 Å². The van der Waals surface area contributed by atoms with E-state index in [2.05, 4.69) is 9.47 Å². The van der Waals surface area contributed by atoms with Crippen molar-refractivity contribution in [2.45, 2.75) is 116 Å². The number of likely N-dealkylation sites (tertiary alicyclic amines) is 4. The van der Waals surface area contributed by atoms with E-state index in [9.17, 15) is 48.5 Å². The third-order valence-corrected chi connectivity index (χ3v) is 11.9. The quantitative estimate of drug-likeness (QED) is 0.118. The average Bonchev–Trinajstić information content (AvgIpc) is 4.24. The van der Waals surface area contributed by atoms with Crippen molar-refractivity contribution in [3.05, 3.63) is 40.4 Å². The Morgan fingerprint density at radius 2 is 0.986 bits per heavy atom. The third-order valence-electron chi connectivity index (χ3n) is 11.9. The number of nitro groups is 1. The highest BCUT2D eigenvalue weighted by atomic mass is 16.7. The van der Waals surface area contributed by atoms with Crippen LogP contribution in [0.2, 0.25) is 0 Å². The zero-order valence-corrected chi connectivity index (χ0v) is 42.1. The number of carbonyl (C=O) groups excluding carboxylic acids is 8. The van der Waals surface area contributed by atoms with E-state index < -0.39 is 4.92 Å². The van der Waals surface area contributed by atoms with Crippen LogP contribution in [0.4, 0.5) is 5.69 Å². The van der Waals surface area contributed by atoms with Crippen LogP contribution in [0.25, 0.3) is 0 Å². The van der Waals surface area contributed by atoms with Gasteiger partial charge >= 0.3 is 5.69 Å². The minimum atomic E-state index is -0.527. The van der Waals surface area contributed by atoms with Gasteiger partial charge < -0.3 is 67.0 Å². The maximum absolute atomic E-state index is 11.2. The predicted octanol–water partition coefficient (Wildman–Crippen LogP) is 4.13. The summed E-state index contributed by atoms with van der Waals surface area (Å²) in [6, 6.07) is 8.42. The second kappa shape index (κ2) is 32.4. The lowest BCUT2D eigenvalue weighted by Crippen LogP contribution is -2.45. The SMILES string of the molecule is CC(=O)N1CCCC1COC=O.CC(=O)N1CCCC1OC=O.CC(=O)N1CCCCC1COC=O.CC(=O)N1CCCCC1OC=O.COc1cc2c(cc1[N+](=O)[O-])OCO2.COc1ccc2c(c1)OCO2. The molecule has 4 saturated heterocycles. The first-order chi connectivity index (χ1) is 35.1. The smallest absolute Gasteiger partial charge is 0.314 e.